The molecule has 0 amide bonds. The largest absolute Gasteiger partial charge is 0.322 e. The summed E-state index contributed by atoms with van der Waals surface area (Å²) in [6.07, 6.45) is 3.82. The third-order valence-electron chi connectivity index (χ3n) is 2.65. The van der Waals surface area contributed by atoms with Crippen molar-refractivity contribution in [3.05, 3.63) is 29.0 Å². The molecule has 0 radical (unpaired) electrons. The number of halogens is 1. The maximum absolute atomic E-state index is 6.10. The molecule has 0 fully saturated rings. The van der Waals surface area contributed by atoms with Crippen LogP contribution >= 0.6 is 11.6 Å². The van der Waals surface area contributed by atoms with Crippen LogP contribution in [0.25, 0.3) is 0 Å². The topological polar surface area (TPSA) is 38.9 Å². The van der Waals surface area contributed by atoms with Crippen molar-refractivity contribution in [2.24, 2.45) is 11.7 Å². The van der Waals surface area contributed by atoms with E-state index in [4.69, 9.17) is 17.3 Å². The molecule has 0 aliphatic heterocycles. The highest BCUT2D eigenvalue weighted by molar-refractivity contribution is 6.30. The minimum atomic E-state index is 0.0299. The summed E-state index contributed by atoms with van der Waals surface area (Å²) in [5.41, 5.74) is 7.04. The Hall–Kier alpha value is -0.600. The summed E-state index contributed by atoms with van der Waals surface area (Å²) in [5.74, 6) is 0.503. The minimum Gasteiger partial charge on any atom is -0.322 e. The summed E-state index contributed by atoms with van der Waals surface area (Å²) < 4.78 is 0. The van der Waals surface area contributed by atoms with E-state index in [2.05, 4.69) is 18.8 Å². The average molecular weight is 213 g/mol. The first-order valence-electron chi connectivity index (χ1n) is 5.06. The highest BCUT2D eigenvalue weighted by atomic mass is 35.5. The van der Waals surface area contributed by atoms with Crippen LogP contribution in [0.5, 0.6) is 0 Å². The fourth-order valence-corrected chi connectivity index (χ4v) is 1.73. The number of rotatable bonds is 4. The van der Waals surface area contributed by atoms with Crippen molar-refractivity contribution in [2.75, 3.05) is 0 Å². The van der Waals surface area contributed by atoms with Gasteiger partial charge in [0.25, 0.3) is 0 Å². The highest BCUT2D eigenvalue weighted by Crippen LogP contribution is 2.23. The Labute approximate surface area is 90.5 Å². The van der Waals surface area contributed by atoms with Crippen molar-refractivity contribution in [2.45, 2.75) is 32.7 Å². The molecule has 1 atom stereocenters. The van der Waals surface area contributed by atoms with Crippen molar-refractivity contribution >= 4 is 11.6 Å². The molecule has 78 valence electrons. The van der Waals surface area contributed by atoms with Gasteiger partial charge in [0.05, 0.1) is 10.7 Å². The maximum Gasteiger partial charge on any atom is 0.0589 e. The molecule has 1 aromatic heterocycles. The molecule has 0 saturated carbocycles. The fourth-order valence-electron chi connectivity index (χ4n) is 1.62. The van der Waals surface area contributed by atoms with Crippen LogP contribution in [0.3, 0.4) is 0 Å². The number of nitrogens with zero attached hydrogens (tertiary/aromatic N) is 1. The van der Waals surface area contributed by atoms with Gasteiger partial charge in [-0.15, -0.1) is 0 Å². The van der Waals surface area contributed by atoms with Gasteiger partial charge in [-0.25, -0.2) is 0 Å². The van der Waals surface area contributed by atoms with E-state index in [1.165, 1.54) is 0 Å². The average Bonchev–Trinajstić information content (AvgIpc) is 2.20. The fraction of sp³-hybridized carbons (Fsp3) is 0.545. The summed E-state index contributed by atoms with van der Waals surface area (Å²) in [5, 5.41) is 0.658. The molecule has 1 rings (SSSR count). The van der Waals surface area contributed by atoms with Gasteiger partial charge in [-0.3, -0.25) is 4.98 Å². The number of nitrogens with two attached hydrogens (primary N) is 1. The van der Waals surface area contributed by atoms with Gasteiger partial charge in [-0.1, -0.05) is 38.3 Å². The Balaban J connectivity index is 2.77. The second kappa shape index (κ2) is 5.32. The Kier molecular flexibility index (Phi) is 4.36. The van der Waals surface area contributed by atoms with Crippen LogP contribution in [0.1, 0.15) is 38.4 Å². The van der Waals surface area contributed by atoms with Gasteiger partial charge in [-0.05, 0) is 18.1 Å². The number of pyridine rings is 1. The van der Waals surface area contributed by atoms with Crippen LogP contribution in [0, 0.1) is 5.92 Å². The lowest BCUT2D eigenvalue weighted by atomic mass is 9.92. The Morgan fingerprint density at radius 2 is 2.00 bits per heavy atom. The molecule has 0 bridgehead atoms. The molecule has 0 saturated heterocycles. The van der Waals surface area contributed by atoms with Crippen LogP contribution < -0.4 is 5.73 Å². The lowest BCUT2D eigenvalue weighted by Gasteiger charge is -2.20. The van der Waals surface area contributed by atoms with Crippen LogP contribution in [0.2, 0.25) is 5.02 Å². The van der Waals surface area contributed by atoms with Crippen molar-refractivity contribution in [3.8, 4) is 0 Å². The van der Waals surface area contributed by atoms with Crippen LogP contribution in [0.15, 0.2) is 18.3 Å². The third-order valence-corrected chi connectivity index (χ3v) is 2.87. The van der Waals surface area contributed by atoms with Gasteiger partial charge in [0.15, 0.2) is 0 Å². The van der Waals surface area contributed by atoms with Gasteiger partial charge in [0, 0.05) is 12.2 Å². The smallest absolute Gasteiger partial charge is 0.0589 e. The lowest BCUT2D eigenvalue weighted by Crippen LogP contribution is -2.21. The normalized spacial score (nSPS) is 13.2. The van der Waals surface area contributed by atoms with E-state index in [1.807, 2.05) is 12.1 Å². The molecule has 1 aromatic rings. The number of aromatic nitrogens is 1. The van der Waals surface area contributed by atoms with Crippen LogP contribution in [0.4, 0.5) is 0 Å². The number of hydrogen-bond donors (Lipinski definition) is 1. The molecule has 0 aliphatic rings. The van der Waals surface area contributed by atoms with Gasteiger partial charge in [0.1, 0.15) is 0 Å². The van der Waals surface area contributed by atoms with Gasteiger partial charge in [0.2, 0.25) is 0 Å². The summed E-state index contributed by atoms with van der Waals surface area (Å²) in [6, 6.07) is 3.78. The molecule has 2 N–H and O–H groups in total. The predicted octanol–water partition coefficient (Wildman–Crippen LogP) is 3.17. The van der Waals surface area contributed by atoms with E-state index in [1.54, 1.807) is 6.20 Å². The van der Waals surface area contributed by atoms with Crippen molar-refractivity contribution in [1.82, 2.24) is 4.98 Å². The molecule has 14 heavy (non-hydrogen) atoms. The third kappa shape index (κ3) is 2.69. The summed E-state index contributed by atoms with van der Waals surface area (Å²) in [6.45, 7) is 4.31. The highest BCUT2D eigenvalue weighted by Gasteiger charge is 2.16. The van der Waals surface area contributed by atoms with Crippen molar-refractivity contribution in [1.29, 1.82) is 0 Å². The van der Waals surface area contributed by atoms with Gasteiger partial charge >= 0.3 is 0 Å². The monoisotopic (exact) mass is 212 g/mol. The maximum atomic E-state index is 6.10. The first-order valence-corrected chi connectivity index (χ1v) is 5.43. The minimum absolute atomic E-state index is 0.0299. The molecule has 3 heteroatoms. The summed E-state index contributed by atoms with van der Waals surface area (Å²) >= 11 is 5.76. The van der Waals surface area contributed by atoms with Gasteiger partial charge < -0.3 is 5.73 Å². The second-order valence-electron chi connectivity index (χ2n) is 3.50. The second-order valence-corrected chi connectivity index (χ2v) is 3.94. The van der Waals surface area contributed by atoms with E-state index >= 15 is 0 Å². The zero-order valence-electron chi connectivity index (χ0n) is 8.70. The van der Waals surface area contributed by atoms with Gasteiger partial charge in [-0.2, -0.15) is 0 Å². The summed E-state index contributed by atoms with van der Waals surface area (Å²) in [7, 11) is 0. The molecular formula is C11H17ClN2. The van der Waals surface area contributed by atoms with Crippen LogP contribution in [-0.2, 0) is 0 Å². The Morgan fingerprint density at radius 1 is 1.36 bits per heavy atom. The predicted molar refractivity (Wildman–Crippen MR) is 60.2 cm³/mol. The SMILES string of the molecule is CCC(CC)C(N)c1ccc(Cl)cn1. The van der Waals surface area contributed by atoms with E-state index in [-0.39, 0.29) is 6.04 Å². The van der Waals surface area contributed by atoms with Crippen LogP contribution in [-0.4, -0.2) is 4.98 Å². The van der Waals surface area contributed by atoms with E-state index in [0.717, 1.165) is 18.5 Å². The Bertz CT molecular complexity index is 267. The quantitative estimate of drug-likeness (QED) is 0.833. The molecule has 0 aromatic carbocycles. The van der Waals surface area contributed by atoms with E-state index in [9.17, 15) is 0 Å². The molecular weight excluding hydrogens is 196 g/mol. The standard InChI is InChI=1S/C11H17ClN2/c1-3-8(4-2)11(13)10-6-5-9(12)7-14-10/h5-8,11H,3-4,13H2,1-2H3. The zero-order chi connectivity index (χ0) is 10.6. The lowest BCUT2D eigenvalue weighted by molar-refractivity contribution is 0.399. The molecule has 1 heterocycles. The van der Waals surface area contributed by atoms with E-state index in [0.29, 0.717) is 10.9 Å². The van der Waals surface area contributed by atoms with Crippen molar-refractivity contribution in [3.63, 3.8) is 0 Å². The first kappa shape index (κ1) is 11.5. The molecule has 1 unspecified atom stereocenters. The molecule has 2 nitrogen and oxygen atoms in total. The Morgan fingerprint density at radius 3 is 2.43 bits per heavy atom. The summed E-state index contributed by atoms with van der Waals surface area (Å²) in [4.78, 5) is 4.24. The van der Waals surface area contributed by atoms with Crippen molar-refractivity contribution < 1.29 is 0 Å². The van der Waals surface area contributed by atoms with E-state index < -0.39 is 0 Å². The molecule has 0 spiro atoms. The zero-order valence-corrected chi connectivity index (χ0v) is 9.46. The first-order chi connectivity index (χ1) is 6.69. The number of hydrogen-bond acceptors (Lipinski definition) is 2. The molecule has 0 aliphatic carbocycles.